The molecule has 0 saturated heterocycles. The highest BCUT2D eigenvalue weighted by atomic mass is 19.1. The summed E-state index contributed by atoms with van der Waals surface area (Å²) in [6.45, 7) is 0. The first-order chi connectivity index (χ1) is 15.2. The van der Waals surface area contributed by atoms with Crippen LogP contribution >= 0.6 is 0 Å². The third kappa shape index (κ3) is 3.62. The maximum Gasteiger partial charge on any atom is 0.256 e. The van der Waals surface area contributed by atoms with Gasteiger partial charge in [0.25, 0.3) is 5.91 Å². The van der Waals surface area contributed by atoms with Crippen molar-refractivity contribution in [1.82, 2.24) is 24.6 Å². The van der Waals surface area contributed by atoms with Gasteiger partial charge in [0.2, 0.25) is 0 Å². The first-order valence-corrected chi connectivity index (χ1v) is 9.46. The molecule has 1 amide bonds. The second-order valence-electron chi connectivity index (χ2n) is 6.73. The number of hydrogen-bond donors (Lipinski definition) is 1. The number of hydrogen-bond acceptors (Lipinski definition) is 5. The first kappa shape index (κ1) is 18.6. The zero-order valence-electron chi connectivity index (χ0n) is 16.1. The van der Waals surface area contributed by atoms with Gasteiger partial charge in [0.05, 0.1) is 5.69 Å². The van der Waals surface area contributed by atoms with Crippen LogP contribution in [0.1, 0.15) is 10.4 Å². The zero-order valence-corrected chi connectivity index (χ0v) is 16.1. The Balaban J connectivity index is 1.59. The minimum atomic E-state index is -0.322. The highest BCUT2D eigenvalue weighted by Crippen LogP contribution is 2.33. The molecule has 1 aromatic carbocycles. The lowest BCUT2D eigenvalue weighted by molar-refractivity contribution is 0.102. The number of nitrogens with one attached hydrogen (secondary N) is 1. The van der Waals surface area contributed by atoms with Crippen molar-refractivity contribution in [3.05, 3.63) is 96.8 Å². The van der Waals surface area contributed by atoms with Crippen molar-refractivity contribution < 1.29 is 9.18 Å². The zero-order chi connectivity index (χ0) is 21.2. The molecular formula is C23H15FN6O. The molecule has 8 heteroatoms. The van der Waals surface area contributed by atoms with E-state index < -0.39 is 0 Å². The Morgan fingerprint density at radius 1 is 0.903 bits per heavy atom. The Hall–Kier alpha value is -4.46. The van der Waals surface area contributed by atoms with Crippen molar-refractivity contribution in [2.45, 2.75) is 0 Å². The van der Waals surface area contributed by atoms with E-state index in [0.29, 0.717) is 28.4 Å². The molecule has 31 heavy (non-hydrogen) atoms. The summed E-state index contributed by atoms with van der Waals surface area (Å²) in [5.41, 5.74) is 3.99. The van der Waals surface area contributed by atoms with E-state index in [1.807, 2.05) is 12.1 Å². The van der Waals surface area contributed by atoms with Crippen LogP contribution in [0, 0.1) is 5.82 Å². The molecule has 0 saturated carbocycles. The summed E-state index contributed by atoms with van der Waals surface area (Å²) in [7, 11) is 0. The molecule has 0 bridgehead atoms. The number of amides is 1. The van der Waals surface area contributed by atoms with E-state index >= 15 is 0 Å². The molecule has 7 nitrogen and oxygen atoms in total. The standard InChI is InChI=1S/C23H15FN6O/c24-18-5-3-15(4-6-18)21-22(30-20(29-21)2-1-10-27-30)17-9-13-26-19(14-17)28-23(31)16-7-11-25-12-8-16/h1-14H,(H,26,28,31). The Labute approximate surface area is 176 Å². The largest absolute Gasteiger partial charge is 0.307 e. The quantitative estimate of drug-likeness (QED) is 0.479. The van der Waals surface area contributed by atoms with Crippen LogP contribution in [0.15, 0.2) is 85.5 Å². The minimum absolute atomic E-state index is 0.290. The van der Waals surface area contributed by atoms with Crippen molar-refractivity contribution >= 4 is 17.4 Å². The average Bonchev–Trinajstić information content (AvgIpc) is 3.20. The normalized spacial score (nSPS) is 10.9. The summed E-state index contributed by atoms with van der Waals surface area (Å²) in [5, 5.41) is 7.22. The molecule has 0 aliphatic heterocycles. The van der Waals surface area contributed by atoms with E-state index in [0.717, 1.165) is 11.1 Å². The lowest BCUT2D eigenvalue weighted by Gasteiger charge is -2.08. The molecule has 4 heterocycles. The maximum atomic E-state index is 13.5. The van der Waals surface area contributed by atoms with E-state index in [-0.39, 0.29) is 11.7 Å². The van der Waals surface area contributed by atoms with Gasteiger partial charge in [0.15, 0.2) is 5.65 Å². The van der Waals surface area contributed by atoms with E-state index in [1.165, 1.54) is 12.1 Å². The fourth-order valence-electron chi connectivity index (χ4n) is 3.29. The number of imidazole rings is 1. The molecule has 5 rings (SSSR count). The number of fused-ring (bicyclic) bond motifs is 1. The second kappa shape index (κ2) is 7.75. The van der Waals surface area contributed by atoms with Gasteiger partial charge in [0.1, 0.15) is 17.3 Å². The fraction of sp³-hybridized carbons (Fsp3) is 0. The number of aromatic nitrogens is 5. The number of carbonyl (C=O) groups is 1. The van der Waals surface area contributed by atoms with Gasteiger partial charge < -0.3 is 5.32 Å². The Kier molecular flexibility index (Phi) is 4.64. The molecule has 4 aromatic heterocycles. The molecule has 0 aliphatic rings. The first-order valence-electron chi connectivity index (χ1n) is 9.46. The molecule has 0 spiro atoms. The molecule has 0 aliphatic carbocycles. The van der Waals surface area contributed by atoms with E-state index in [2.05, 4.69) is 20.4 Å². The maximum absolute atomic E-state index is 13.5. The number of anilines is 1. The summed E-state index contributed by atoms with van der Waals surface area (Å²) in [5.74, 6) is -0.227. The number of pyridine rings is 2. The van der Waals surface area contributed by atoms with Gasteiger partial charge in [0, 0.05) is 41.5 Å². The van der Waals surface area contributed by atoms with Crippen molar-refractivity contribution in [3.8, 4) is 22.5 Å². The lowest BCUT2D eigenvalue weighted by atomic mass is 10.1. The van der Waals surface area contributed by atoms with Crippen LogP contribution in [-0.4, -0.2) is 30.5 Å². The number of rotatable bonds is 4. The lowest BCUT2D eigenvalue weighted by Crippen LogP contribution is -2.12. The summed E-state index contributed by atoms with van der Waals surface area (Å²) in [6.07, 6.45) is 6.38. The Morgan fingerprint density at radius 2 is 1.71 bits per heavy atom. The van der Waals surface area contributed by atoms with Gasteiger partial charge >= 0.3 is 0 Å². The number of carbonyl (C=O) groups excluding carboxylic acids is 1. The molecule has 5 aromatic rings. The molecule has 0 atom stereocenters. The summed E-state index contributed by atoms with van der Waals surface area (Å²) in [6, 6.07) is 16.6. The van der Waals surface area contributed by atoms with E-state index in [9.17, 15) is 9.18 Å². The molecular weight excluding hydrogens is 395 g/mol. The minimum Gasteiger partial charge on any atom is -0.307 e. The van der Waals surface area contributed by atoms with E-state index in [4.69, 9.17) is 4.98 Å². The summed E-state index contributed by atoms with van der Waals surface area (Å²) >= 11 is 0. The van der Waals surface area contributed by atoms with Crippen LogP contribution in [0.3, 0.4) is 0 Å². The number of nitrogens with zero attached hydrogens (tertiary/aromatic N) is 5. The van der Waals surface area contributed by atoms with Gasteiger partial charge in [-0.05, 0) is 60.7 Å². The van der Waals surface area contributed by atoms with Gasteiger partial charge in [-0.2, -0.15) is 5.10 Å². The van der Waals surface area contributed by atoms with E-state index in [1.54, 1.807) is 65.7 Å². The Bertz CT molecular complexity index is 1380. The number of halogens is 1. The third-order valence-electron chi connectivity index (χ3n) is 4.73. The van der Waals surface area contributed by atoms with Gasteiger partial charge in [-0.15, -0.1) is 0 Å². The topological polar surface area (TPSA) is 85.1 Å². The summed E-state index contributed by atoms with van der Waals surface area (Å²) in [4.78, 5) is 25.4. The van der Waals surface area contributed by atoms with Crippen molar-refractivity contribution in [2.24, 2.45) is 0 Å². The highest BCUT2D eigenvalue weighted by molar-refractivity contribution is 6.03. The molecule has 0 fully saturated rings. The van der Waals surface area contributed by atoms with Crippen LogP contribution in [0.5, 0.6) is 0 Å². The predicted octanol–water partition coefficient (Wildman–Crippen LogP) is 4.24. The van der Waals surface area contributed by atoms with Crippen molar-refractivity contribution in [3.63, 3.8) is 0 Å². The van der Waals surface area contributed by atoms with Crippen LogP contribution in [0.4, 0.5) is 10.2 Å². The van der Waals surface area contributed by atoms with Crippen LogP contribution in [0.2, 0.25) is 0 Å². The van der Waals surface area contributed by atoms with Crippen LogP contribution < -0.4 is 5.32 Å². The van der Waals surface area contributed by atoms with Crippen LogP contribution in [0.25, 0.3) is 28.2 Å². The second-order valence-corrected chi connectivity index (χ2v) is 6.73. The fourth-order valence-corrected chi connectivity index (χ4v) is 3.29. The van der Waals surface area contributed by atoms with Crippen molar-refractivity contribution in [2.75, 3.05) is 5.32 Å². The van der Waals surface area contributed by atoms with Gasteiger partial charge in [-0.1, -0.05) is 0 Å². The molecule has 0 radical (unpaired) electrons. The van der Waals surface area contributed by atoms with Gasteiger partial charge in [-0.25, -0.2) is 18.9 Å². The average molecular weight is 410 g/mol. The predicted molar refractivity (Wildman–Crippen MR) is 114 cm³/mol. The SMILES string of the molecule is O=C(Nc1cc(-c2c(-c3ccc(F)cc3)nc3cccnn23)ccn1)c1ccncc1. The third-order valence-corrected chi connectivity index (χ3v) is 4.73. The van der Waals surface area contributed by atoms with Crippen LogP contribution in [-0.2, 0) is 0 Å². The van der Waals surface area contributed by atoms with Crippen molar-refractivity contribution in [1.29, 1.82) is 0 Å². The number of benzene rings is 1. The highest BCUT2D eigenvalue weighted by Gasteiger charge is 2.18. The molecule has 150 valence electrons. The molecule has 0 unspecified atom stereocenters. The smallest absolute Gasteiger partial charge is 0.256 e. The summed E-state index contributed by atoms with van der Waals surface area (Å²) < 4.78 is 15.2. The molecule has 1 N–H and O–H groups in total. The monoisotopic (exact) mass is 410 g/mol. The Morgan fingerprint density at radius 3 is 2.52 bits per heavy atom. The van der Waals surface area contributed by atoms with Gasteiger partial charge in [-0.3, -0.25) is 9.78 Å².